The molecule has 11 heteroatoms. The molecule has 0 spiro atoms. The molecule has 0 amide bonds. The van der Waals surface area contributed by atoms with E-state index in [9.17, 15) is 14.4 Å². The van der Waals surface area contributed by atoms with Crippen LogP contribution in [0.3, 0.4) is 0 Å². The molecule has 5 nitrogen and oxygen atoms in total. The van der Waals surface area contributed by atoms with E-state index in [1.54, 1.807) is 20.7 Å². The summed E-state index contributed by atoms with van der Waals surface area (Å²) in [7, 11) is -10.3. The molecule has 8 atom stereocenters. The van der Waals surface area contributed by atoms with Crippen LogP contribution in [0.15, 0.2) is 22.3 Å². The highest BCUT2D eigenvalue weighted by Crippen LogP contribution is 2.80. The summed E-state index contributed by atoms with van der Waals surface area (Å²) in [6.07, 6.45) is 12.5. The maximum atomic E-state index is 14.8. The van der Waals surface area contributed by atoms with Crippen molar-refractivity contribution in [1.82, 2.24) is 0 Å². The Morgan fingerprint density at radius 1 is 0.408 bits per heavy atom. The Kier molecular flexibility index (Phi) is 13.1. The monoisotopic (exact) mass is 1110 g/mol. The predicted octanol–water partition coefficient (Wildman–Crippen LogP) is 13.5. The van der Waals surface area contributed by atoms with Crippen LogP contribution in [0.25, 0.3) is 11.1 Å². The minimum absolute atomic E-state index is 0.0414. The first-order valence-electron chi connectivity index (χ1n) is 29.5. The number of fused-ring (bicyclic) bond motifs is 24. The van der Waals surface area contributed by atoms with Crippen LogP contribution in [0.5, 0.6) is 0 Å². The Morgan fingerprint density at radius 3 is 1.14 bits per heavy atom. The third-order valence-corrected chi connectivity index (χ3v) is 28.9. The summed E-state index contributed by atoms with van der Waals surface area (Å²) >= 11 is 0. The van der Waals surface area contributed by atoms with Gasteiger partial charge in [-0.25, -0.2) is 0 Å². The molecule has 4 bridgehead atoms. The molecule has 4 heterocycles. The number of Topliss-reactive ketones (excluding diaryl/α,β-unsaturated/α-hetero) is 3. The van der Waals surface area contributed by atoms with Crippen molar-refractivity contribution in [3.63, 3.8) is 0 Å². The van der Waals surface area contributed by atoms with Gasteiger partial charge in [-0.3, -0.25) is 14.4 Å². The van der Waals surface area contributed by atoms with Crippen LogP contribution < -0.4 is 20.7 Å². The number of ether oxygens (including phenoxy) is 2. The van der Waals surface area contributed by atoms with E-state index in [0.29, 0.717) is 35.2 Å². The number of ketones is 3. The van der Waals surface area contributed by atoms with Crippen molar-refractivity contribution < 1.29 is 23.9 Å². The largest absolute Gasteiger partial charge is 0.365 e. The van der Waals surface area contributed by atoms with Gasteiger partial charge in [0.15, 0.2) is 11.6 Å². The molecule has 400 valence electrons. The van der Waals surface area contributed by atoms with Crippen molar-refractivity contribution in [2.45, 2.75) is 219 Å². The topological polar surface area (TPSA) is 69.7 Å². The lowest BCUT2D eigenvalue weighted by Crippen LogP contribution is -2.63. The van der Waals surface area contributed by atoms with Gasteiger partial charge in [0.2, 0.25) is 5.78 Å². The molecule has 2 aromatic rings. The first-order chi connectivity index (χ1) is 35.3. The van der Waals surface area contributed by atoms with Gasteiger partial charge in [-0.15, -0.1) is 11.1 Å². The fourth-order valence-corrected chi connectivity index (χ4v) is 29.4. The van der Waals surface area contributed by atoms with Crippen molar-refractivity contribution >= 4 is 97.7 Å². The van der Waals surface area contributed by atoms with E-state index in [1.807, 2.05) is 0 Å². The van der Waals surface area contributed by atoms with Gasteiger partial charge in [0, 0.05) is 57.1 Å². The minimum Gasteiger partial charge on any atom is -0.365 e. The van der Waals surface area contributed by atoms with Crippen molar-refractivity contribution in [2.24, 2.45) is 23.7 Å². The maximum Gasteiger partial charge on any atom is 0.233 e. The van der Waals surface area contributed by atoms with E-state index >= 15 is 0 Å². The Bertz CT molecular complexity index is 3130. The highest BCUT2D eigenvalue weighted by Gasteiger charge is 2.76. The van der Waals surface area contributed by atoms with Crippen LogP contribution in [0, 0.1) is 58.4 Å². The summed E-state index contributed by atoms with van der Waals surface area (Å²) in [6, 6.07) is 0. The quantitative estimate of drug-likeness (QED) is 0.129. The van der Waals surface area contributed by atoms with E-state index in [1.165, 1.54) is 57.4 Å². The molecule has 76 heavy (non-hydrogen) atoms. The lowest BCUT2D eigenvalue weighted by Gasteiger charge is -2.55. The molecule has 3 fully saturated rings. The Balaban J connectivity index is 0.000000238. The standard InChI is InChI=1S/C46H60O4Si4.C19H26OSi2/c1-51(2,3)43-25-21-17-13-15-19-23(21)37(47)27(25)29-35(45(43)53(7,8)9)41-33-31(39(29)49-41)32-34(33)42-36-30(40(32)50-42)28-26(22-18-14-16-20-24(22)38(28)48)44(52(4,5)6)46(36)54(10,11)12;1-21(2,3)15-10-9-13-19(20)18-12-8-7-11-17(18)14-16-22(4,5)6/h31-34,39-42H,13-20H2,1-12H3;7-8,11-12H2,1-6H3. The normalized spacial score (nSPS) is 27.6. The Hall–Kier alpha value is -3.43. The van der Waals surface area contributed by atoms with Crippen LogP contribution in [-0.2, 0) is 14.3 Å². The Labute approximate surface area is 463 Å². The summed E-state index contributed by atoms with van der Waals surface area (Å²) in [5.41, 5.74) is 24.0. The lowest BCUT2D eigenvalue weighted by atomic mass is 9.46. The molecular formula is C65H86O5Si6. The SMILES string of the molecule is C[Si](C)(C)C#CC#CC(=O)C1=C(C#C[Si](C)(C)C)CCCC1.C[Si](C)(C)c1c2c(c3c(c1[Si](C)(C)C)C1OC3C3C4C5OC(c6c5c5c(c([Si](C)(C)C)c6[Si](C)(C)C)C6=C(CCCC6)C5=O)C4C13)C(=O)C1=C2CCCC1. The average Bonchev–Trinajstić information content (AvgIpc) is 4.33. The fourth-order valence-electron chi connectivity index (χ4n) is 16.2. The second-order valence-corrected chi connectivity index (χ2v) is 60.1. The van der Waals surface area contributed by atoms with Crippen molar-refractivity contribution in [3.8, 4) is 34.8 Å². The van der Waals surface area contributed by atoms with Crippen molar-refractivity contribution in [2.75, 3.05) is 0 Å². The van der Waals surface area contributed by atoms with Crippen LogP contribution in [0.4, 0.5) is 0 Å². The van der Waals surface area contributed by atoms with E-state index in [2.05, 4.69) is 153 Å². The third-order valence-electron chi connectivity index (χ3n) is 18.6. The van der Waals surface area contributed by atoms with Crippen molar-refractivity contribution in [1.29, 1.82) is 0 Å². The zero-order valence-corrected chi connectivity index (χ0v) is 55.6. The van der Waals surface area contributed by atoms with Crippen LogP contribution in [0.1, 0.15) is 156 Å². The van der Waals surface area contributed by atoms with E-state index in [4.69, 9.17) is 9.47 Å². The first-order valence-corrected chi connectivity index (χ1v) is 50.5. The second kappa shape index (κ2) is 18.3. The van der Waals surface area contributed by atoms with Gasteiger partial charge in [-0.2, -0.15) is 0 Å². The summed E-state index contributed by atoms with van der Waals surface area (Å²) < 4.78 is 14.9. The molecule has 10 aliphatic rings. The van der Waals surface area contributed by atoms with Crippen molar-refractivity contribution in [3.05, 3.63) is 66.8 Å². The molecule has 0 N–H and O–H groups in total. The van der Waals surface area contributed by atoms with E-state index in [0.717, 1.165) is 97.6 Å². The molecule has 0 radical (unpaired) electrons. The number of hydrogen-bond acceptors (Lipinski definition) is 5. The van der Waals surface area contributed by atoms with Crippen LogP contribution >= 0.6 is 0 Å². The van der Waals surface area contributed by atoms with Gasteiger partial charge in [0.05, 0.1) is 56.7 Å². The highest BCUT2D eigenvalue weighted by molar-refractivity contribution is 7.00. The number of carbonyl (C=O) groups excluding carboxylic acids is 3. The molecule has 12 rings (SSSR count). The van der Waals surface area contributed by atoms with Gasteiger partial charge >= 0.3 is 0 Å². The zero-order valence-electron chi connectivity index (χ0n) is 49.6. The number of benzene rings is 2. The summed E-state index contributed by atoms with van der Waals surface area (Å²) in [4.78, 5) is 41.9. The smallest absolute Gasteiger partial charge is 0.233 e. The zero-order chi connectivity index (χ0) is 54.9. The van der Waals surface area contributed by atoms with Gasteiger partial charge in [0.25, 0.3) is 0 Å². The minimum atomic E-state index is -1.88. The molecular weight excluding hydrogens is 1030 g/mol. The molecule has 2 saturated heterocycles. The van der Waals surface area contributed by atoms with E-state index < -0.39 is 48.4 Å². The molecule has 2 aromatic carbocycles. The van der Waals surface area contributed by atoms with Gasteiger partial charge < -0.3 is 9.47 Å². The lowest BCUT2D eigenvalue weighted by molar-refractivity contribution is -0.110. The molecule has 8 unspecified atom stereocenters. The van der Waals surface area contributed by atoms with Gasteiger partial charge in [0.1, 0.15) is 16.1 Å². The molecule has 4 aliphatic heterocycles. The number of carbonyl (C=O) groups is 3. The predicted molar refractivity (Wildman–Crippen MR) is 332 cm³/mol. The number of allylic oxidation sites excluding steroid dienone is 6. The Morgan fingerprint density at radius 2 is 0.763 bits per heavy atom. The third kappa shape index (κ3) is 8.58. The second-order valence-electron chi connectivity index (χ2n) is 30.6. The number of hydrogen-bond donors (Lipinski definition) is 0. The summed E-state index contributed by atoms with van der Waals surface area (Å²) in [5.74, 6) is 13.7. The van der Waals surface area contributed by atoms with Crippen LogP contribution in [-0.4, -0.2) is 65.8 Å². The van der Waals surface area contributed by atoms with Gasteiger partial charge in [-0.05, 0) is 139 Å². The first kappa shape index (κ1) is 54.5. The summed E-state index contributed by atoms with van der Waals surface area (Å²) in [6.45, 7) is 43.7. The maximum absolute atomic E-state index is 14.8. The molecule has 1 saturated carbocycles. The van der Waals surface area contributed by atoms with Crippen LogP contribution in [0.2, 0.25) is 118 Å². The highest BCUT2D eigenvalue weighted by atomic mass is 28.3. The van der Waals surface area contributed by atoms with E-state index in [-0.39, 0.29) is 30.2 Å². The molecule has 6 aliphatic carbocycles. The average molecular weight is 1120 g/mol. The van der Waals surface area contributed by atoms with Gasteiger partial charge in [-0.1, -0.05) is 145 Å². The fraction of sp³-hybridized carbons (Fsp3) is 0.585. The number of rotatable bonds is 5. The molecule has 0 aromatic heterocycles. The summed E-state index contributed by atoms with van der Waals surface area (Å²) in [5, 5.41) is 6.54.